The van der Waals surface area contributed by atoms with Gasteiger partial charge in [0.15, 0.2) is 0 Å². The van der Waals surface area contributed by atoms with Gasteiger partial charge in [0.25, 0.3) is 0 Å². The molecule has 3 rings (SSSR count). The van der Waals surface area contributed by atoms with E-state index < -0.39 is 22.2 Å². The summed E-state index contributed by atoms with van der Waals surface area (Å²) in [6, 6.07) is 12.4. The highest BCUT2D eigenvalue weighted by molar-refractivity contribution is 7.89. The average molecular weight is 491 g/mol. The van der Waals surface area contributed by atoms with Gasteiger partial charge in [-0.25, -0.2) is 8.42 Å². The molecule has 9 heteroatoms. The van der Waals surface area contributed by atoms with Crippen molar-refractivity contribution in [3.63, 3.8) is 0 Å². The van der Waals surface area contributed by atoms with Crippen molar-refractivity contribution in [2.75, 3.05) is 40.5 Å². The normalized spacial score (nSPS) is 21.0. The molecule has 1 amide bonds. The van der Waals surface area contributed by atoms with Crippen molar-refractivity contribution in [2.24, 2.45) is 5.92 Å². The van der Waals surface area contributed by atoms with Gasteiger partial charge in [-0.2, -0.15) is 4.31 Å². The number of aliphatic hydroxyl groups is 1. The number of hydrogen-bond acceptors (Lipinski definition) is 6. The summed E-state index contributed by atoms with van der Waals surface area (Å²) in [5.41, 5.74) is 2.89. The first-order chi connectivity index (χ1) is 16.1. The molecule has 0 aliphatic carbocycles. The van der Waals surface area contributed by atoms with E-state index in [1.807, 2.05) is 38.1 Å². The van der Waals surface area contributed by atoms with E-state index in [-0.39, 0.29) is 48.8 Å². The molecule has 186 valence electrons. The zero-order valence-corrected chi connectivity index (χ0v) is 21.2. The Labute approximate surface area is 202 Å². The van der Waals surface area contributed by atoms with E-state index in [1.165, 1.54) is 16.3 Å². The van der Waals surface area contributed by atoms with Crippen LogP contribution >= 0.6 is 0 Å². The van der Waals surface area contributed by atoms with Crippen molar-refractivity contribution in [1.82, 2.24) is 9.21 Å². The van der Waals surface area contributed by atoms with E-state index in [4.69, 9.17) is 9.47 Å². The molecule has 3 atom stereocenters. The van der Waals surface area contributed by atoms with Gasteiger partial charge in [-0.1, -0.05) is 42.8 Å². The van der Waals surface area contributed by atoms with Crippen LogP contribution in [0.5, 0.6) is 5.75 Å². The number of aryl methyl sites for hydroxylation is 1. The molecule has 0 saturated carbocycles. The summed E-state index contributed by atoms with van der Waals surface area (Å²) in [4.78, 5) is 13.9. The lowest BCUT2D eigenvalue weighted by molar-refractivity contribution is -0.135. The van der Waals surface area contributed by atoms with Gasteiger partial charge in [0.2, 0.25) is 15.9 Å². The second-order valence-corrected chi connectivity index (χ2v) is 10.8. The summed E-state index contributed by atoms with van der Waals surface area (Å²) in [6.45, 7) is 5.63. The standard InChI is InChI=1S/C25H34N2O6S/c1-17-6-8-20(9-7-17)21-10-11-24-22(12-21)33-23(14-26(4)25(29)16-32-5)18(2)13-27(19(3)15-28)34(24,30)31/h6-12,18-19,23,28H,13-16H2,1-5H3/t18-,19+,23+/m1/s1. The molecule has 1 N–H and O–H groups in total. The minimum absolute atomic E-state index is 0.0476. The molecule has 34 heavy (non-hydrogen) atoms. The fourth-order valence-electron chi connectivity index (χ4n) is 3.97. The van der Waals surface area contributed by atoms with Gasteiger partial charge in [-0.3, -0.25) is 4.79 Å². The van der Waals surface area contributed by atoms with Gasteiger partial charge in [-0.15, -0.1) is 0 Å². The summed E-state index contributed by atoms with van der Waals surface area (Å²) in [5.74, 6) is -0.211. The number of carbonyl (C=O) groups excluding carboxylic acids is 1. The van der Waals surface area contributed by atoms with Gasteiger partial charge in [-0.05, 0) is 37.1 Å². The molecule has 1 aliphatic heterocycles. The molecule has 0 fully saturated rings. The molecule has 0 aromatic heterocycles. The molecule has 0 saturated heterocycles. The first-order valence-corrected chi connectivity index (χ1v) is 12.8. The number of hydrogen-bond donors (Lipinski definition) is 1. The third kappa shape index (κ3) is 5.60. The first kappa shape index (κ1) is 26.2. The molecule has 1 heterocycles. The number of benzene rings is 2. The number of methoxy groups -OCH3 is 1. The fourth-order valence-corrected chi connectivity index (χ4v) is 5.80. The lowest BCUT2D eigenvalue weighted by atomic mass is 10.0. The Balaban J connectivity index is 2.08. The lowest BCUT2D eigenvalue weighted by Gasteiger charge is -2.37. The number of rotatable bonds is 7. The summed E-state index contributed by atoms with van der Waals surface area (Å²) < 4.78 is 39.8. The number of nitrogens with zero attached hydrogens (tertiary/aromatic N) is 2. The molecule has 0 unspecified atom stereocenters. The number of fused-ring (bicyclic) bond motifs is 1. The van der Waals surface area contributed by atoms with Gasteiger partial charge in [0, 0.05) is 32.7 Å². The van der Waals surface area contributed by atoms with Crippen molar-refractivity contribution in [1.29, 1.82) is 0 Å². The second kappa shape index (κ2) is 10.9. The first-order valence-electron chi connectivity index (χ1n) is 11.3. The Bertz CT molecular complexity index is 1100. The van der Waals surface area contributed by atoms with Crippen molar-refractivity contribution in [3.05, 3.63) is 48.0 Å². The highest BCUT2D eigenvalue weighted by Crippen LogP contribution is 2.36. The van der Waals surface area contributed by atoms with Crippen molar-refractivity contribution < 1.29 is 27.8 Å². The van der Waals surface area contributed by atoms with E-state index in [2.05, 4.69) is 0 Å². The van der Waals surface area contributed by atoms with Crippen LogP contribution in [0, 0.1) is 12.8 Å². The molecule has 2 aromatic rings. The molecule has 0 spiro atoms. The minimum atomic E-state index is -3.92. The van der Waals surface area contributed by atoms with E-state index in [1.54, 1.807) is 32.2 Å². The number of aliphatic hydroxyl groups excluding tert-OH is 1. The fraction of sp³-hybridized carbons (Fsp3) is 0.480. The van der Waals surface area contributed by atoms with E-state index in [0.29, 0.717) is 0 Å². The van der Waals surface area contributed by atoms with Crippen molar-refractivity contribution in [3.8, 4) is 16.9 Å². The monoisotopic (exact) mass is 490 g/mol. The number of carbonyl (C=O) groups is 1. The molecule has 2 aromatic carbocycles. The van der Waals surface area contributed by atoms with Crippen LogP contribution in [-0.4, -0.2) is 81.2 Å². The zero-order valence-electron chi connectivity index (χ0n) is 20.4. The van der Waals surface area contributed by atoms with Crippen LogP contribution in [0.1, 0.15) is 19.4 Å². The highest BCUT2D eigenvalue weighted by Gasteiger charge is 2.38. The van der Waals surface area contributed by atoms with E-state index in [0.717, 1.165) is 16.7 Å². The minimum Gasteiger partial charge on any atom is -0.487 e. The van der Waals surface area contributed by atoms with Crippen LogP contribution in [0.3, 0.4) is 0 Å². The molecular formula is C25H34N2O6S. The Kier molecular flexibility index (Phi) is 8.35. The third-order valence-electron chi connectivity index (χ3n) is 6.20. The van der Waals surface area contributed by atoms with Gasteiger partial charge in [0.05, 0.1) is 13.2 Å². The SMILES string of the molecule is COCC(=O)N(C)C[C@@H]1Oc2cc(-c3ccc(C)cc3)ccc2S(=O)(=O)N([C@@H](C)CO)C[C@H]1C. The maximum Gasteiger partial charge on any atom is 0.248 e. The van der Waals surface area contributed by atoms with Gasteiger partial charge >= 0.3 is 0 Å². The van der Waals surface area contributed by atoms with Crippen LogP contribution in [0.25, 0.3) is 11.1 Å². The van der Waals surface area contributed by atoms with Crippen LogP contribution in [0.2, 0.25) is 0 Å². The summed E-state index contributed by atoms with van der Waals surface area (Å²) in [6.07, 6.45) is -0.471. The van der Waals surface area contributed by atoms with Crippen LogP contribution < -0.4 is 4.74 Å². The Morgan fingerprint density at radius 1 is 1.24 bits per heavy atom. The second-order valence-electron chi connectivity index (χ2n) is 8.97. The number of ether oxygens (including phenoxy) is 2. The summed E-state index contributed by atoms with van der Waals surface area (Å²) in [5, 5.41) is 9.77. The smallest absolute Gasteiger partial charge is 0.248 e. The topological polar surface area (TPSA) is 96.4 Å². The van der Waals surface area contributed by atoms with Crippen LogP contribution in [0.15, 0.2) is 47.4 Å². The lowest BCUT2D eigenvalue weighted by Crippen LogP contribution is -2.50. The van der Waals surface area contributed by atoms with Crippen molar-refractivity contribution >= 4 is 15.9 Å². The Hall–Kier alpha value is -2.46. The quantitative estimate of drug-likeness (QED) is 0.641. The molecule has 1 aliphatic rings. The van der Waals surface area contributed by atoms with Gasteiger partial charge in [0.1, 0.15) is 23.4 Å². The maximum absolute atomic E-state index is 13.6. The van der Waals surface area contributed by atoms with E-state index in [9.17, 15) is 18.3 Å². The van der Waals surface area contributed by atoms with Gasteiger partial charge < -0.3 is 19.5 Å². The number of likely N-dealkylation sites (N-methyl/N-ethyl adjacent to an activating group) is 1. The predicted octanol–water partition coefficient (Wildman–Crippen LogP) is 2.54. The molecule has 8 nitrogen and oxygen atoms in total. The number of amides is 1. The predicted molar refractivity (Wildman–Crippen MR) is 130 cm³/mol. The largest absolute Gasteiger partial charge is 0.487 e. The van der Waals surface area contributed by atoms with Crippen LogP contribution in [0.4, 0.5) is 0 Å². The Morgan fingerprint density at radius 2 is 1.88 bits per heavy atom. The molecular weight excluding hydrogens is 456 g/mol. The van der Waals surface area contributed by atoms with Crippen LogP contribution in [-0.2, 0) is 19.6 Å². The average Bonchev–Trinajstić information content (AvgIpc) is 2.81. The number of sulfonamides is 1. The summed E-state index contributed by atoms with van der Waals surface area (Å²) >= 11 is 0. The van der Waals surface area contributed by atoms with Crippen molar-refractivity contribution in [2.45, 2.75) is 37.8 Å². The highest BCUT2D eigenvalue weighted by atomic mass is 32.2. The third-order valence-corrected chi connectivity index (χ3v) is 8.22. The molecule has 0 radical (unpaired) electrons. The van der Waals surface area contributed by atoms with E-state index >= 15 is 0 Å². The summed E-state index contributed by atoms with van der Waals surface area (Å²) in [7, 11) is -0.789. The maximum atomic E-state index is 13.6. The zero-order chi connectivity index (χ0) is 25.0. The molecule has 0 bridgehead atoms. The Morgan fingerprint density at radius 3 is 2.50 bits per heavy atom.